The van der Waals surface area contributed by atoms with E-state index < -0.39 is 0 Å². The second kappa shape index (κ2) is 9.15. The van der Waals surface area contributed by atoms with Gasteiger partial charge in [0, 0.05) is 18.5 Å². The largest absolute Gasteiger partial charge is 0.466 e. The molecule has 1 saturated carbocycles. The summed E-state index contributed by atoms with van der Waals surface area (Å²) in [5.74, 6) is -0.229. The van der Waals surface area contributed by atoms with E-state index in [9.17, 15) is 9.59 Å². The summed E-state index contributed by atoms with van der Waals surface area (Å²) in [5, 5.41) is 2.99. The highest BCUT2D eigenvalue weighted by Crippen LogP contribution is 2.25. The lowest BCUT2D eigenvalue weighted by Crippen LogP contribution is -2.42. The van der Waals surface area contributed by atoms with Crippen LogP contribution in [0, 0.1) is 11.8 Å². The second-order valence-corrected chi connectivity index (χ2v) is 4.95. The van der Waals surface area contributed by atoms with Gasteiger partial charge in [-0.2, -0.15) is 0 Å². The van der Waals surface area contributed by atoms with Crippen molar-refractivity contribution in [1.82, 2.24) is 5.32 Å². The molecule has 0 aromatic carbocycles. The van der Waals surface area contributed by atoms with Crippen molar-refractivity contribution in [3.63, 3.8) is 0 Å². The van der Waals surface area contributed by atoms with Crippen LogP contribution in [0.1, 0.15) is 39.5 Å². The summed E-state index contributed by atoms with van der Waals surface area (Å²) in [6.07, 6.45) is 3.26. The fourth-order valence-corrected chi connectivity index (χ4v) is 2.18. The molecule has 6 heteroatoms. The van der Waals surface area contributed by atoms with Crippen molar-refractivity contribution in [3.8, 4) is 0 Å². The molecule has 0 aliphatic heterocycles. The van der Waals surface area contributed by atoms with Crippen LogP contribution in [0.4, 0.5) is 0 Å². The molecule has 3 N–H and O–H groups in total. The summed E-state index contributed by atoms with van der Waals surface area (Å²) in [4.78, 5) is 23.2. The van der Waals surface area contributed by atoms with Gasteiger partial charge in [0.25, 0.3) is 0 Å². The van der Waals surface area contributed by atoms with Crippen LogP contribution in [0.2, 0.25) is 0 Å². The van der Waals surface area contributed by atoms with E-state index in [0.29, 0.717) is 13.2 Å². The van der Waals surface area contributed by atoms with Crippen LogP contribution in [0.25, 0.3) is 0 Å². The third-order valence-corrected chi connectivity index (χ3v) is 3.49. The zero-order chi connectivity index (χ0) is 13.5. The van der Waals surface area contributed by atoms with Crippen LogP contribution in [-0.4, -0.2) is 31.1 Å². The number of rotatable bonds is 5. The Morgan fingerprint density at radius 3 is 2.37 bits per heavy atom. The number of carbonyl (C=O) groups is 2. The van der Waals surface area contributed by atoms with Crippen LogP contribution in [0.3, 0.4) is 0 Å². The van der Waals surface area contributed by atoms with E-state index in [1.165, 1.54) is 0 Å². The molecule has 1 atom stereocenters. The number of halogens is 1. The molecule has 19 heavy (non-hydrogen) atoms. The van der Waals surface area contributed by atoms with E-state index in [1.54, 1.807) is 0 Å². The van der Waals surface area contributed by atoms with Gasteiger partial charge in [-0.1, -0.05) is 6.92 Å². The van der Waals surface area contributed by atoms with E-state index in [-0.39, 0.29) is 42.2 Å². The van der Waals surface area contributed by atoms with Gasteiger partial charge in [-0.05, 0) is 32.6 Å². The molecule has 1 rings (SSSR count). The van der Waals surface area contributed by atoms with Gasteiger partial charge in [-0.15, -0.1) is 12.4 Å². The minimum atomic E-state index is -0.146. The minimum absolute atomic E-state index is 0. The van der Waals surface area contributed by atoms with Crippen molar-refractivity contribution in [1.29, 1.82) is 0 Å². The standard InChI is InChI=1S/C13H24N2O3.ClH/c1-3-18-13(17)10-4-6-11(7-5-10)15-12(16)9(2)8-14;/h9-11H,3-8,14H2,1-2H3,(H,15,16);1H. The first kappa shape index (κ1) is 18.2. The van der Waals surface area contributed by atoms with E-state index in [1.807, 2.05) is 13.8 Å². The highest BCUT2D eigenvalue weighted by Gasteiger charge is 2.28. The first-order chi connectivity index (χ1) is 8.58. The highest BCUT2D eigenvalue weighted by molar-refractivity contribution is 5.85. The van der Waals surface area contributed by atoms with Gasteiger partial charge in [-0.3, -0.25) is 9.59 Å². The molecule has 0 radical (unpaired) electrons. The maximum absolute atomic E-state index is 11.7. The quantitative estimate of drug-likeness (QED) is 0.747. The lowest BCUT2D eigenvalue weighted by Gasteiger charge is -2.28. The molecule has 1 unspecified atom stereocenters. The predicted octanol–water partition coefficient (Wildman–Crippen LogP) is 1.24. The fourth-order valence-electron chi connectivity index (χ4n) is 2.18. The Bertz CT molecular complexity index is 292. The summed E-state index contributed by atoms with van der Waals surface area (Å²) in [6, 6.07) is 0.178. The van der Waals surface area contributed by atoms with Crippen molar-refractivity contribution < 1.29 is 14.3 Å². The zero-order valence-electron chi connectivity index (χ0n) is 11.7. The van der Waals surface area contributed by atoms with Crippen LogP contribution in [0.15, 0.2) is 0 Å². The zero-order valence-corrected chi connectivity index (χ0v) is 12.5. The van der Waals surface area contributed by atoms with Gasteiger partial charge in [0.05, 0.1) is 12.5 Å². The molecule has 1 aliphatic rings. The van der Waals surface area contributed by atoms with Gasteiger partial charge in [0.1, 0.15) is 0 Å². The number of nitrogens with two attached hydrogens (primary N) is 1. The normalized spacial score (nSPS) is 23.9. The Balaban J connectivity index is 0.00000324. The maximum Gasteiger partial charge on any atom is 0.308 e. The first-order valence-corrected chi connectivity index (χ1v) is 6.75. The van der Waals surface area contributed by atoms with Gasteiger partial charge in [0.2, 0.25) is 5.91 Å². The molecular formula is C13H25ClN2O3. The van der Waals surface area contributed by atoms with Crippen molar-refractivity contribution in [2.45, 2.75) is 45.6 Å². The van der Waals surface area contributed by atoms with E-state index >= 15 is 0 Å². The van der Waals surface area contributed by atoms with Crippen LogP contribution in [-0.2, 0) is 14.3 Å². The van der Waals surface area contributed by atoms with Crippen LogP contribution >= 0.6 is 12.4 Å². The Morgan fingerprint density at radius 2 is 1.89 bits per heavy atom. The molecule has 0 heterocycles. The monoisotopic (exact) mass is 292 g/mol. The molecule has 112 valence electrons. The Kier molecular flexibility index (Phi) is 8.76. The Labute approximate surface area is 121 Å². The van der Waals surface area contributed by atoms with Crippen LogP contribution < -0.4 is 11.1 Å². The summed E-state index contributed by atoms with van der Waals surface area (Å²) in [5.41, 5.74) is 5.45. The lowest BCUT2D eigenvalue weighted by molar-refractivity contribution is -0.149. The predicted molar refractivity (Wildman–Crippen MR) is 76.0 cm³/mol. The van der Waals surface area contributed by atoms with Gasteiger partial charge in [0.15, 0.2) is 0 Å². The highest BCUT2D eigenvalue weighted by atomic mass is 35.5. The lowest BCUT2D eigenvalue weighted by atomic mass is 9.86. The van der Waals surface area contributed by atoms with E-state index in [0.717, 1.165) is 25.7 Å². The molecule has 5 nitrogen and oxygen atoms in total. The van der Waals surface area contributed by atoms with Crippen molar-refractivity contribution in [3.05, 3.63) is 0 Å². The molecule has 0 aromatic heterocycles. The van der Waals surface area contributed by atoms with Gasteiger partial charge >= 0.3 is 5.97 Å². The molecule has 0 spiro atoms. The Hall–Kier alpha value is -0.810. The van der Waals surface area contributed by atoms with E-state index in [2.05, 4.69) is 5.32 Å². The summed E-state index contributed by atoms with van der Waals surface area (Å²) < 4.78 is 5.01. The third kappa shape index (κ3) is 5.78. The third-order valence-electron chi connectivity index (χ3n) is 3.49. The van der Waals surface area contributed by atoms with Crippen molar-refractivity contribution in [2.75, 3.05) is 13.2 Å². The SMILES string of the molecule is CCOC(=O)C1CCC(NC(=O)C(C)CN)CC1.Cl. The smallest absolute Gasteiger partial charge is 0.308 e. The number of ether oxygens (including phenoxy) is 1. The first-order valence-electron chi connectivity index (χ1n) is 6.75. The summed E-state index contributed by atoms with van der Waals surface area (Å²) in [7, 11) is 0. The molecular weight excluding hydrogens is 268 g/mol. The summed E-state index contributed by atoms with van der Waals surface area (Å²) >= 11 is 0. The fraction of sp³-hybridized carbons (Fsp3) is 0.846. The van der Waals surface area contributed by atoms with Gasteiger partial charge < -0.3 is 15.8 Å². The summed E-state index contributed by atoms with van der Waals surface area (Å²) in [6.45, 7) is 4.44. The average Bonchev–Trinajstić information content (AvgIpc) is 2.38. The molecule has 0 saturated heterocycles. The number of amides is 1. The van der Waals surface area contributed by atoms with E-state index in [4.69, 9.17) is 10.5 Å². The van der Waals surface area contributed by atoms with Gasteiger partial charge in [-0.25, -0.2) is 0 Å². The number of nitrogens with one attached hydrogen (secondary N) is 1. The minimum Gasteiger partial charge on any atom is -0.466 e. The van der Waals surface area contributed by atoms with Crippen molar-refractivity contribution >= 4 is 24.3 Å². The topological polar surface area (TPSA) is 81.4 Å². The molecule has 0 aromatic rings. The molecule has 0 bridgehead atoms. The Morgan fingerprint density at radius 1 is 1.32 bits per heavy atom. The second-order valence-electron chi connectivity index (χ2n) is 4.95. The molecule has 1 fully saturated rings. The number of hydrogen-bond acceptors (Lipinski definition) is 4. The number of hydrogen-bond donors (Lipinski definition) is 2. The number of carbonyl (C=O) groups excluding carboxylic acids is 2. The van der Waals surface area contributed by atoms with Crippen LogP contribution in [0.5, 0.6) is 0 Å². The number of esters is 1. The average molecular weight is 293 g/mol. The molecule has 1 aliphatic carbocycles. The maximum atomic E-state index is 11.7. The molecule has 1 amide bonds. The van der Waals surface area contributed by atoms with Crippen molar-refractivity contribution in [2.24, 2.45) is 17.6 Å².